The van der Waals surface area contributed by atoms with Crippen LogP contribution in [0.4, 0.5) is 11.4 Å². The second-order valence-electron chi connectivity index (χ2n) is 5.76. The van der Waals surface area contributed by atoms with E-state index in [1.807, 2.05) is 13.0 Å². The number of hydrogen-bond donors (Lipinski definition) is 3. The highest BCUT2D eigenvalue weighted by atomic mass is 35.5. The predicted molar refractivity (Wildman–Crippen MR) is 112 cm³/mol. The Morgan fingerprint density at radius 3 is 2.54 bits per heavy atom. The smallest absolute Gasteiger partial charge is 0.329 e. The van der Waals surface area contributed by atoms with Gasteiger partial charge in [-0.3, -0.25) is 9.59 Å². The molecule has 0 spiro atoms. The number of carbonyl (C=O) groups is 2. The number of carbonyl (C=O) groups excluding carboxylic acids is 2. The highest BCUT2D eigenvalue weighted by Crippen LogP contribution is 2.27. The molecule has 0 bridgehead atoms. The van der Waals surface area contributed by atoms with Gasteiger partial charge in [0.2, 0.25) is 0 Å². The van der Waals surface area contributed by atoms with Gasteiger partial charge in [-0.2, -0.15) is 5.10 Å². The van der Waals surface area contributed by atoms with Gasteiger partial charge in [-0.25, -0.2) is 5.43 Å². The van der Waals surface area contributed by atoms with Gasteiger partial charge in [-0.15, -0.1) is 0 Å². The number of hydrogen-bond acceptors (Lipinski definition) is 5. The van der Waals surface area contributed by atoms with E-state index in [2.05, 4.69) is 21.2 Å². The zero-order valence-electron chi connectivity index (χ0n) is 15.4. The van der Waals surface area contributed by atoms with Crippen LogP contribution in [0.1, 0.15) is 11.1 Å². The number of anilines is 2. The lowest BCUT2D eigenvalue weighted by atomic mass is 10.1. The van der Waals surface area contributed by atoms with Crippen LogP contribution < -0.4 is 16.1 Å². The second-order valence-corrected chi connectivity index (χ2v) is 6.64. The standard InChI is InChI=1S/C19H20Cl2N4O3/c1-12-3-4-15(21)10-17(12)24-16-6-5-14(20)9-13(16)11-23-25-19(27)18(26)22-7-8-28-2/h3-6,9-11,24H,7-8H2,1-2H3,(H,22,26)(H,25,27)/b23-11-. The van der Waals surface area contributed by atoms with Crippen LogP contribution in [0.2, 0.25) is 10.0 Å². The zero-order valence-corrected chi connectivity index (χ0v) is 16.9. The summed E-state index contributed by atoms with van der Waals surface area (Å²) in [6.45, 7) is 2.49. The van der Waals surface area contributed by atoms with Crippen LogP contribution >= 0.6 is 23.2 Å². The quantitative estimate of drug-likeness (QED) is 0.276. The van der Waals surface area contributed by atoms with E-state index in [1.54, 1.807) is 30.3 Å². The molecule has 0 fully saturated rings. The third-order valence-corrected chi connectivity index (χ3v) is 4.12. The average molecular weight is 423 g/mol. The van der Waals surface area contributed by atoms with Gasteiger partial charge in [0, 0.05) is 40.6 Å². The van der Waals surface area contributed by atoms with E-state index < -0.39 is 11.8 Å². The van der Waals surface area contributed by atoms with Crippen LogP contribution in [0.15, 0.2) is 41.5 Å². The lowest BCUT2D eigenvalue weighted by molar-refractivity contribution is -0.139. The molecule has 28 heavy (non-hydrogen) atoms. The largest absolute Gasteiger partial charge is 0.383 e. The summed E-state index contributed by atoms with van der Waals surface area (Å²) in [6.07, 6.45) is 1.40. The second kappa shape index (κ2) is 10.7. The van der Waals surface area contributed by atoms with Crippen LogP contribution in [0.5, 0.6) is 0 Å². The first-order valence-electron chi connectivity index (χ1n) is 8.33. The first-order valence-corrected chi connectivity index (χ1v) is 9.09. The molecule has 2 aromatic rings. The number of hydrazone groups is 1. The number of rotatable bonds is 7. The SMILES string of the molecule is COCCNC(=O)C(=O)N/N=C\c1cc(Cl)ccc1Nc1cc(Cl)ccc1C. The highest BCUT2D eigenvalue weighted by molar-refractivity contribution is 6.35. The summed E-state index contributed by atoms with van der Waals surface area (Å²) in [5, 5.41) is 10.6. The topological polar surface area (TPSA) is 91.8 Å². The molecular formula is C19H20Cl2N4O3. The molecule has 0 atom stereocenters. The summed E-state index contributed by atoms with van der Waals surface area (Å²) >= 11 is 12.1. The Bertz CT molecular complexity index is 887. The molecule has 2 rings (SSSR count). The van der Waals surface area contributed by atoms with Gasteiger partial charge in [0.1, 0.15) is 0 Å². The van der Waals surface area contributed by atoms with Crippen molar-refractivity contribution in [2.24, 2.45) is 5.10 Å². The summed E-state index contributed by atoms with van der Waals surface area (Å²) in [7, 11) is 1.50. The molecular weight excluding hydrogens is 403 g/mol. The van der Waals surface area contributed by atoms with E-state index >= 15 is 0 Å². The molecule has 0 saturated heterocycles. The van der Waals surface area contributed by atoms with Gasteiger partial charge >= 0.3 is 11.8 Å². The third kappa shape index (κ3) is 6.53. The Kier molecular flexibility index (Phi) is 8.25. The Morgan fingerprint density at radius 2 is 1.79 bits per heavy atom. The number of nitrogens with zero attached hydrogens (tertiary/aromatic N) is 1. The van der Waals surface area contributed by atoms with E-state index in [4.69, 9.17) is 27.9 Å². The van der Waals surface area contributed by atoms with E-state index in [0.29, 0.717) is 27.9 Å². The average Bonchev–Trinajstić information content (AvgIpc) is 2.66. The zero-order chi connectivity index (χ0) is 20.5. The van der Waals surface area contributed by atoms with Crippen LogP contribution in [0, 0.1) is 6.92 Å². The van der Waals surface area contributed by atoms with Crippen molar-refractivity contribution in [1.82, 2.24) is 10.7 Å². The molecule has 148 valence electrons. The summed E-state index contributed by atoms with van der Waals surface area (Å²) in [5.41, 5.74) is 5.33. The van der Waals surface area contributed by atoms with E-state index in [1.165, 1.54) is 13.3 Å². The number of ether oxygens (including phenoxy) is 1. The van der Waals surface area contributed by atoms with Crippen molar-refractivity contribution in [1.29, 1.82) is 0 Å². The number of nitrogens with one attached hydrogen (secondary N) is 3. The minimum atomic E-state index is -0.880. The van der Waals surface area contributed by atoms with E-state index in [9.17, 15) is 9.59 Å². The minimum Gasteiger partial charge on any atom is -0.383 e. The fraction of sp³-hybridized carbons (Fsp3) is 0.211. The van der Waals surface area contributed by atoms with Crippen molar-refractivity contribution < 1.29 is 14.3 Å². The summed E-state index contributed by atoms with van der Waals surface area (Å²) in [5.74, 6) is -1.68. The molecule has 0 heterocycles. The fourth-order valence-corrected chi connectivity index (χ4v) is 2.54. The molecule has 0 radical (unpaired) electrons. The molecule has 9 heteroatoms. The minimum absolute atomic E-state index is 0.230. The molecule has 0 aliphatic heterocycles. The molecule has 7 nitrogen and oxygen atoms in total. The van der Waals surface area contributed by atoms with Crippen LogP contribution in [-0.2, 0) is 14.3 Å². The predicted octanol–water partition coefficient (Wildman–Crippen LogP) is 3.26. The molecule has 3 N–H and O–H groups in total. The summed E-state index contributed by atoms with van der Waals surface area (Å²) in [4.78, 5) is 23.3. The Balaban J connectivity index is 2.09. The number of aryl methyl sites for hydroxylation is 1. The first-order chi connectivity index (χ1) is 13.4. The van der Waals surface area contributed by atoms with Gasteiger partial charge < -0.3 is 15.4 Å². The van der Waals surface area contributed by atoms with Gasteiger partial charge in [-0.05, 0) is 42.8 Å². The fourth-order valence-electron chi connectivity index (χ4n) is 2.19. The number of amides is 2. The van der Waals surface area contributed by atoms with E-state index in [-0.39, 0.29) is 6.54 Å². The molecule has 0 aliphatic carbocycles. The first kappa shape index (κ1) is 21.7. The number of benzene rings is 2. The van der Waals surface area contributed by atoms with Crippen molar-refractivity contribution in [3.8, 4) is 0 Å². The van der Waals surface area contributed by atoms with Crippen molar-refractivity contribution in [3.05, 3.63) is 57.6 Å². The van der Waals surface area contributed by atoms with Crippen molar-refractivity contribution in [3.63, 3.8) is 0 Å². The third-order valence-electron chi connectivity index (χ3n) is 3.65. The maximum Gasteiger partial charge on any atom is 0.329 e. The lowest BCUT2D eigenvalue weighted by Gasteiger charge is -2.12. The van der Waals surface area contributed by atoms with E-state index in [0.717, 1.165) is 11.3 Å². The molecule has 0 aliphatic rings. The monoisotopic (exact) mass is 422 g/mol. The maximum atomic E-state index is 11.7. The van der Waals surface area contributed by atoms with Crippen LogP contribution in [-0.4, -0.2) is 38.3 Å². The Hall–Kier alpha value is -2.61. The normalized spacial score (nSPS) is 10.7. The molecule has 2 aromatic carbocycles. The molecule has 0 aromatic heterocycles. The molecule has 2 amide bonds. The summed E-state index contributed by atoms with van der Waals surface area (Å²) in [6, 6.07) is 10.7. The van der Waals surface area contributed by atoms with Gasteiger partial charge in [0.05, 0.1) is 12.8 Å². The molecule has 0 unspecified atom stereocenters. The van der Waals surface area contributed by atoms with Crippen molar-refractivity contribution in [2.45, 2.75) is 6.92 Å². The van der Waals surface area contributed by atoms with Crippen LogP contribution in [0.25, 0.3) is 0 Å². The van der Waals surface area contributed by atoms with Crippen molar-refractivity contribution in [2.75, 3.05) is 25.6 Å². The van der Waals surface area contributed by atoms with Crippen LogP contribution in [0.3, 0.4) is 0 Å². The number of methoxy groups -OCH3 is 1. The maximum absolute atomic E-state index is 11.7. The Labute approximate surface area is 173 Å². The lowest BCUT2D eigenvalue weighted by Crippen LogP contribution is -2.39. The highest BCUT2D eigenvalue weighted by Gasteiger charge is 2.11. The van der Waals surface area contributed by atoms with Crippen molar-refractivity contribution >= 4 is 52.6 Å². The Morgan fingerprint density at radius 1 is 1.07 bits per heavy atom. The molecule has 0 saturated carbocycles. The van der Waals surface area contributed by atoms with Gasteiger partial charge in [0.15, 0.2) is 0 Å². The van der Waals surface area contributed by atoms with Gasteiger partial charge in [-0.1, -0.05) is 29.3 Å². The van der Waals surface area contributed by atoms with Gasteiger partial charge in [0.25, 0.3) is 0 Å². The summed E-state index contributed by atoms with van der Waals surface area (Å²) < 4.78 is 4.80. The number of halogens is 2.